The molecule has 0 aliphatic rings. The van der Waals surface area contributed by atoms with Crippen LogP contribution in [0.3, 0.4) is 0 Å². The number of para-hydroxylation sites is 1. The third kappa shape index (κ3) is 2.39. The maximum Gasteiger partial charge on any atom is 0.257 e. The molecule has 3 rings (SSSR count). The molecule has 0 radical (unpaired) electrons. The Bertz CT molecular complexity index is 868. The van der Waals surface area contributed by atoms with E-state index in [1.54, 1.807) is 6.07 Å². The standard InChI is InChI=1S/C18H14N2O/c1-3-13-7-6-8-14(11-13)19-18(21)16-12-20(2)17-10-5-4-9-15(16)17/h1,4-12H,2H3,(H,19,21). The number of carbonyl (C=O) groups excluding carboxylic acids is 1. The van der Waals surface area contributed by atoms with E-state index in [2.05, 4.69) is 11.2 Å². The molecule has 102 valence electrons. The average Bonchev–Trinajstić information content (AvgIpc) is 2.85. The molecule has 0 saturated heterocycles. The fourth-order valence-electron chi connectivity index (χ4n) is 2.41. The zero-order chi connectivity index (χ0) is 14.8. The number of rotatable bonds is 2. The van der Waals surface area contributed by atoms with Gasteiger partial charge in [0.1, 0.15) is 0 Å². The van der Waals surface area contributed by atoms with Gasteiger partial charge in [0.25, 0.3) is 5.91 Å². The second-order valence-corrected chi connectivity index (χ2v) is 4.85. The van der Waals surface area contributed by atoms with E-state index in [-0.39, 0.29) is 5.91 Å². The van der Waals surface area contributed by atoms with Crippen LogP contribution in [0.5, 0.6) is 0 Å². The van der Waals surface area contributed by atoms with Gasteiger partial charge < -0.3 is 9.88 Å². The molecule has 1 aromatic heterocycles. The summed E-state index contributed by atoms with van der Waals surface area (Å²) in [5.74, 6) is 2.42. The Labute approximate surface area is 123 Å². The molecule has 0 unspecified atom stereocenters. The number of nitrogens with zero attached hydrogens (tertiary/aromatic N) is 1. The first-order valence-corrected chi connectivity index (χ1v) is 6.61. The number of fused-ring (bicyclic) bond motifs is 1. The van der Waals surface area contributed by atoms with Gasteiger partial charge in [0.15, 0.2) is 0 Å². The Balaban J connectivity index is 1.96. The third-order valence-corrected chi connectivity index (χ3v) is 3.43. The monoisotopic (exact) mass is 274 g/mol. The van der Waals surface area contributed by atoms with E-state index in [0.29, 0.717) is 11.3 Å². The number of amides is 1. The predicted molar refractivity (Wildman–Crippen MR) is 85.2 cm³/mol. The van der Waals surface area contributed by atoms with Crippen molar-refractivity contribution in [1.82, 2.24) is 4.57 Å². The summed E-state index contributed by atoms with van der Waals surface area (Å²) < 4.78 is 1.95. The van der Waals surface area contributed by atoms with Crippen molar-refractivity contribution in [3.05, 3.63) is 65.9 Å². The lowest BCUT2D eigenvalue weighted by molar-refractivity contribution is 0.102. The second kappa shape index (κ2) is 5.18. The molecule has 0 aliphatic heterocycles. The van der Waals surface area contributed by atoms with Crippen LogP contribution < -0.4 is 5.32 Å². The minimum absolute atomic E-state index is 0.138. The van der Waals surface area contributed by atoms with E-state index < -0.39 is 0 Å². The minimum Gasteiger partial charge on any atom is -0.350 e. The van der Waals surface area contributed by atoms with E-state index in [0.717, 1.165) is 16.5 Å². The topological polar surface area (TPSA) is 34.0 Å². The fourth-order valence-corrected chi connectivity index (χ4v) is 2.41. The van der Waals surface area contributed by atoms with Crippen molar-refractivity contribution in [1.29, 1.82) is 0 Å². The van der Waals surface area contributed by atoms with Crippen LogP contribution in [0.15, 0.2) is 54.7 Å². The summed E-state index contributed by atoms with van der Waals surface area (Å²) in [6, 6.07) is 15.1. The highest BCUT2D eigenvalue weighted by Gasteiger charge is 2.13. The molecule has 1 heterocycles. The van der Waals surface area contributed by atoms with E-state index >= 15 is 0 Å². The van der Waals surface area contributed by atoms with Crippen LogP contribution in [-0.2, 0) is 7.05 Å². The number of anilines is 1. The molecule has 1 N–H and O–H groups in total. The van der Waals surface area contributed by atoms with Gasteiger partial charge in [-0.2, -0.15) is 0 Å². The molecular weight excluding hydrogens is 260 g/mol. The molecule has 0 atom stereocenters. The van der Waals surface area contributed by atoms with Crippen LogP contribution in [0.2, 0.25) is 0 Å². The maximum absolute atomic E-state index is 12.5. The van der Waals surface area contributed by atoms with Crippen LogP contribution >= 0.6 is 0 Å². The number of aryl methyl sites for hydroxylation is 1. The van der Waals surface area contributed by atoms with Crippen molar-refractivity contribution in [2.45, 2.75) is 0 Å². The molecule has 0 bridgehead atoms. The van der Waals surface area contributed by atoms with E-state index in [1.165, 1.54) is 0 Å². The molecule has 0 fully saturated rings. The number of aromatic nitrogens is 1. The van der Waals surface area contributed by atoms with Gasteiger partial charge in [-0.25, -0.2) is 0 Å². The molecule has 0 spiro atoms. The lowest BCUT2D eigenvalue weighted by atomic mass is 10.1. The summed E-state index contributed by atoms with van der Waals surface area (Å²) in [4.78, 5) is 12.5. The first-order chi connectivity index (χ1) is 10.2. The van der Waals surface area contributed by atoms with Crippen LogP contribution in [0.1, 0.15) is 15.9 Å². The predicted octanol–water partition coefficient (Wildman–Crippen LogP) is 3.41. The highest BCUT2D eigenvalue weighted by molar-refractivity contribution is 6.13. The third-order valence-electron chi connectivity index (χ3n) is 3.43. The summed E-state index contributed by atoms with van der Waals surface area (Å²) in [6.07, 6.45) is 7.21. The molecule has 2 aromatic carbocycles. The first kappa shape index (κ1) is 13.0. The van der Waals surface area contributed by atoms with Crippen molar-refractivity contribution < 1.29 is 4.79 Å². The molecule has 3 aromatic rings. The Morgan fingerprint density at radius 3 is 2.81 bits per heavy atom. The summed E-state index contributed by atoms with van der Waals surface area (Å²) >= 11 is 0. The Kier molecular flexibility index (Phi) is 3.21. The highest BCUT2D eigenvalue weighted by atomic mass is 16.1. The van der Waals surface area contributed by atoms with E-state index in [4.69, 9.17) is 6.42 Å². The summed E-state index contributed by atoms with van der Waals surface area (Å²) in [7, 11) is 1.93. The average molecular weight is 274 g/mol. The number of hydrogen-bond acceptors (Lipinski definition) is 1. The van der Waals surface area contributed by atoms with Crippen molar-refractivity contribution >= 4 is 22.5 Å². The van der Waals surface area contributed by atoms with Gasteiger partial charge in [0, 0.05) is 35.4 Å². The largest absolute Gasteiger partial charge is 0.350 e. The Hall–Kier alpha value is -2.99. The van der Waals surface area contributed by atoms with Crippen LogP contribution in [-0.4, -0.2) is 10.5 Å². The molecule has 21 heavy (non-hydrogen) atoms. The molecule has 3 heteroatoms. The fraction of sp³-hybridized carbons (Fsp3) is 0.0556. The smallest absolute Gasteiger partial charge is 0.257 e. The molecule has 0 aliphatic carbocycles. The highest BCUT2D eigenvalue weighted by Crippen LogP contribution is 2.21. The SMILES string of the molecule is C#Cc1cccc(NC(=O)c2cn(C)c3ccccc23)c1. The lowest BCUT2D eigenvalue weighted by Crippen LogP contribution is -2.11. The van der Waals surface area contributed by atoms with Crippen molar-refractivity contribution in [2.75, 3.05) is 5.32 Å². The molecule has 0 saturated carbocycles. The van der Waals surface area contributed by atoms with Crippen LogP contribution in [0.4, 0.5) is 5.69 Å². The zero-order valence-corrected chi connectivity index (χ0v) is 11.6. The van der Waals surface area contributed by atoms with Gasteiger partial charge in [-0.05, 0) is 24.3 Å². The van der Waals surface area contributed by atoms with Crippen LogP contribution in [0, 0.1) is 12.3 Å². The minimum atomic E-state index is -0.138. The number of hydrogen-bond donors (Lipinski definition) is 1. The number of nitrogens with one attached hydrogen (secondary N) is 1. The number of terminal acetylenes is 1. The normalized spacial score (nSPS) is 10.3. The number of carbonyl (C=O) groups is 1. The van der Waals surface area contributed by atoms with Crippen molar-refractivity contribution in [3.8, 4) is 12.3 Å². The zero-order valence-electron chi connectivity index (χ0n) is 11.6. The maximum atomic E-state index is 12.5. The summed E-state index contributed by atoms with van der Waals surface area (Å²) in [5, 5.41) is 3.83. The summed E-state index contributed by atoms with van der Waals surface area (Å²) in [5.41, 5.74) is 3.12. The Morgan fingerprint density at radius 2 is 2.00 bits per heavy atom. The first-order valence-electron chi connectivity index (χ1n) is 6.61. The van der Waals surface area contributed by atoms with Gasteiger partial charge >= 0.3 is 0 Å². The lowest BCUT2D eigenvalue weighted by Gasteiger charge is -2.04. The van der Waals surface area contributed by atoms with Gasteiger partial charge in [-0.3, -0.25) is 4.79 Å². The van der Waals surface area contributed by atoms with Crippen LogP contribution in [0.25, 0.3) is 10.9 Å². The van der Waals surface area contributed by atoms with Crippen molar-refractivity contribution in [3.63, 3.8) is 0 Å². The second-order valence-electron chi connectivity index (χ2n) is 4.85. The van der Waals surface area contributed by atoms with Gasteiger partial charge in [0.05, 0.1) is 5.56 Å². The molecule has 1 amide bonds. The van der Waals surface area contributed by atoms with Gasteiger partial charge in [0.2, 0.25) is 0 Å². The quantitative estimate of drug-likeness (QED) is 0.714. The van der Waals surface area contributed by atoms with E-state index in [9.17, 15) is 4.79 Å². The van der Waals surface area contributed by atoms with Gasteiger partial charge in [-0.1, -0.05) is 30.2 Å². The summed E-state index contributed by atoms with van der Waals surface area (Å²) in [6.45, 7) is 0. The van der Waals surface area contributed by atoms with Gasteiger partial charge in [-0.15, -0.1) is 6.42 Å². The molecule has 3 nitrogen and oxygen atoms in total. The Morgan fingerprint density at radius 1 is 1.19 bits per heavy atom. The number of benzene rings is 2. The van der Waals surface area contributed by atoms with Crippen molar-refractivity contribution in [2.24, 2.45) is 7.05 Å². The van der Waals surface area contributed by atoms with E-state index in [1.807, 2.05) is 60.3 Å². The molecular formula is C18H14N2O.